The first-order valence-corrected chi connectivity index (χ1v) is 14.6. The van der Waals surface area contributed by atoms with Crippen molar-refractivity contribution in [2.24, 2.45) is 11.8 Å². The summed E-state index contributed by atoms with van der Waals surface area (Å²) in [6.07, 6.45) is 16.4. The molecule has 2 saturated carbocycles. The van der Waals surface area contributed by atoms with Crippen molar-refractivity contribution in [3.63, 3.8) is 0 Å². The summed E-state index contributed by atoms with van der Waals surface area (Å²) in [4.78, 5) is 29.2. The van der Waals surface area contributed by atoms with Gasteiger partial charge in [-0.25, -0.2) is 0 Å². The zero-order chi connectivity index (χ0) is 23.9. The van der Waals surface area contributed by atoms with Gasteiger partial charge < -0.3 is 20.4 Å². The van der Waals surface area contributed by atoms with Crippen molar-refractivity contribution < 1.29 is 9.59 Å². The molecule has 4 unspecified atom stereocenters. The average Bonchev–Trinajstić information content (AvgIpc) is 2.89. The van der Waals surface area contributed by atoms with Gasteiger partial charge in [-0.05, 0) is 115 Å². The van der Waals surface area contributed by atoms with Crippen molar-refractivity contribution in [1.82, 2.24) is 20.4 Å². The molecule has 2 aliphatic heterocycles. The van der Waals surface area contributed by atoms with Gasteiger partial charge in [0.2, 0.25) is 11.8 Å². The van der Waals surface area contributed by atoms with E-state index in [2.05, 4.69) is 20.4 Å². The molecule has 4 atom stereocenters. The fraction of sp³-hybridized carbons (Fsp3) is 0.929. The molecule has 194 valence electrons. The van der Waals surface area contributed by atoms with Crippen LogP contribution < -0.4 is 10.6 Å². The van der Waals surface area contributed by atoms with Gasteiger partial charge in [0, 0.05) is 37.0 Å². The number of nitrogens with one attached hydrogen (secondary N) is 2. The summed E-state index contributed by atoms with van der Waals surface area (Å²) in [7, 11) is 0. The Morgan fingerprint density at radius 1 is 0.618 bits per heavy atom. The van der Waals surface area contributed by atoms with Gasteiger partial charge in [0.15, 0.2) is 0 Å². The van der Waals surface area contributed by atoms with Crippen LogP contribution in [0, 0.1) is 11.8 Å². The molecule has 6 heteroatoms. The molecule has 0 aromatic heterocycles. The van der Waals surface area contributed by atoms with Gasteiger partial charge >= 0.3 is 0 Å². The predicted octanol–water partition coefficient (Wildman–Crippen LogP) is 4.09. The molecule has 34 heavy (non-hydrogen) atoms. The summed E-state index contributed by atoms with van der Waals surface area (Å²) in [6, 6.07) is 2.13. The van der Waals surface area contributed by atoms with Crippen LogP contribution in [0.4, 0.5) is 0 Å². The first-order valence-electron chi connectivity index (χ1n) is 14.6. The molecule has 2 amide bonds. The molecule has 6 nitrogen and oxygen atoms in total. The molecule has 2 aliphatic carbocycles. The minimum atomic E-state index is 0.213. The normalized spacial score (nSPS) is 32.9. The fourth-order valence-corrected chi connectivity index (χ4v) is 7.42. The number of likely N-dealkylation sites (tertiary alicyclic amines) is 2. The molecule has 0 radical (unpaired) electrons. The van der Waals surface area contributed by atoms with Crippen LogP contribution in [0.1, 0.15) is 104 Å². The van der Waals surface area contributed by atoms with E-state index in [0.717, 1.165) is 37.5 Å². The van der Waals surface area contributed by atoms with Gasteiger partial charge in [-0.15, -0.1) is 0 Å². The second kappa shape index (κ2) is 12.7. The Hall–Kier alpha value is -1.14. The zero-order valence-corrected chi connectivity index (χ0v) is 21.9. The predicted molar refractivity (Wildman–Crippen MR) is 138 cm³/mol. The molecule has 0 spiro atoms. The first-order chi connectivity index (χ1) is 16.6. The van der Waals surface area contributed by atoms with E-state index in [9.17, 15) is 9.59 Å². The Balaban J connectivity index is 1.17. The highest BCUT2D eigenvalue weighted by Gasteiger charge is 2.35. The number of rotatable bonds is 7. The van der Waals surface area contributed by atoms with Crippen molar-refractivity contribution in [3.8, 4) is 0 Å². The molecule has 4 fully saturated rings. The van der Waals surface area contributed by atoms with Crippen molar-refractivity contribution in [3.05, 3.63) is 0 Å². The van der Waals surface area contributed by atoms with Crippen LogP contribution in [0.25, 0.3) is 0 Å². The molecule has 0 aromatic carbocycles. The van der Waals surface area contributed by atoms with Gasteiger partial charge in [-0.3, -0.25) is 9.59 Å². The minimum absolute atomic E-state index is 0.213. The monoisotopic (exact) mass is 474 g/mol. The zero-order valence-electron chi connectivity index (χ0n) is 21.9. The molecular weight excluding hydrogens is 424 g/mol. The molecule has 4 aliphatic rings. The highest BCUT2D eigenvalue weighted by atomic mass is 16.2. The molecular formula is C28H50N4O2. The third kappa shape index (κ3) is 6.96. The van der Waals surface area contributed by atoms with Crippen LogP contribution in [0.2, 0.25) is 0 Å². The maximum atomic E-state index is 11.8. The lowest BCUT2D eigenvalue weighted by atomic mass is 9.77. The van der Waals surface area contributed by atoms with E-state index in [4.69, 9.17) is 0 Å². The minimum Gasteiger partial charge on any atom is -0.353 e. The third-order valence-electron chi connectivity index (χ3n) is 9.51. The first kappa shape index (κ1) is 25.9. The molecule has 2 heterocycles. The topological polar surface area (TPSA) is 64.7 Å². The standard InChI is InChI=1S/C28H50N4O2/c1-3-27(33)29-23-7-5-9-25(19-23)31-15-11-21(12-16-31)22-13-17-32(18-14-22)26-10-6-8-24(20-26)30-28(34)4-2/h21-26H,3-20H2,1-2H3,(H,29,33)(H,30,34). The average molecular weight is 475 g/mol. The number of carbonyl (C=O) groups is 2. The molecule has 0 aromatic rings. The number of piperidine rings is 2. The fourth-order valence-electron chi connectivity index (χ4n) is 7.42. The molecule has 4 rings (SSSR count). The van der Waals surface area contributed by atoms with Crippen molar-refractivity contribution in [1.29, 1.82) is 0 Å². The van der Waals surface area contributed by atoms with Crippen LogP contribution in [0.15, 0.2) is 0 Å². The highest BCUT2D eigenvalue weighted by molar-refractivity contribution is 5.76. The van der Waals surface area contributed by atoms with Gasteiger partial charge in [-0.2, -0.15) is 0 Å². The smallest absolute Gasteiger partial charge is 0.219 e. The van der Waals surface area contributed by atoms with Gasteiger partial charge in [0.25, 0.3) is 0 Å². The lowest BCUT2D eigenvalue weighted by Crippen LogP contribution is -2.50. The van der Waals surface area contributed by atoms with E-state index in [1.54, 1.807) is 0 Å². The molecule has 2 N–H and O–H groups in total. The Labute approximate surface area is 208 Å². The number of carbonyl (C=O) groups excluding carboxylic acids is 2. The SMILES string of the molecule is CCC(=O)NC1CCCC(N2CCC(C3CCN(C4CCCC(NC(=O)CC)C4)CC3)CC2)C1. The summed E-state index contributed by atoms with van der Waals surface area (Å²) in [5.74, 6) is 2.23. The summed E-state index contributed by atoms with van der Waals surface area (Å²) < 4.78 is 0. The van der Waals surface area contributed by atoms with Crippen molar-refractivity contribution in [2.45, 2.75) is 128 Å². The second-order valence-corrected chi connectivity index (χ2v) is 11.6. The Morgan fingerprint density at radius 3 is 1.35 bits per heavy atom. The highest BCUT2D eigenvalue weighted by Crippen LogP contribution is 2.36. The summed E-state index contributed by atoms with van der Waals surface area (Å²) in [6.45, 7) is 8.92. The van der Waals surface area contributed by atoms with E-state index in [0.29, 0.717) is 37.0 Å². The number of hydrogen-bond donors (Lipinski definition) is 2. The van der Waals surface area contributed by atoms with Gasteiger partial charge in [-0.1, -0.05) is 13.8 Å². The van der Waals surface area contributed by atoms with E-state index >= 15 is 0 Å². The van der Waals surface area contributed by atoms with Crippen molar-refractivity contribution >= 4 is 11.8 Å². The van der Waals surface area contributed by atoms with Crippen LogP contribution >= 0.6 is 0 Å². The Kier molecular flexibility index (Phi) is 9.70. The third-order valence-corrected chi connectivity index (χ3v) is 9.51. The summed E-state index contributed by atoms with van der Waals surface area (Å²) in [5.41, 5.74) is 0. The van der Waals surface area contributed by atoms with Crippen LogP contribution in [-0.2, 0) is 9.59 Å². The maximum absolute atomic E-state index is 11.8. The van der Waals surface area contributed by atoms with Gasteiger partial charge in [0.05, 0.1) is 0 Å². The summed E-state index contributed by atoms with van der Waals surface area (Å²) in [5, 5.41) is 6.51. The van der Waals surface area contributed by atoms with Gasteiger partial charge in [0.1, 0.15) is 0 Å². The van der Waals surface area contributed by atoms with E-state index < -0.39 is 0 Å². The quantitative estimate of drug-likeness (QED) is 0.583. The molecule has 0 bridgehead atoms. The summed E-state index contributed by atoms with van der Waals surface area (Å²) >= 11 is 0. The van der Waals surface area contributed by atoms with Crippen LogP contribution in [-0.4, -0.2) is 72.0 Å². The van der Waals surface area contributed by atoms with Crippen LogP contribution in [0.5, 0.6) is 0 Å². The van der Waals surface area contributed by atoms with Crippen LogP contribution in [0.3, 0.4) is 0 Å². The van der Waals surface area contributed by atoms with Crippen molar-refractivity contribution in [2.75, 3.05) is 26.2 Å². The van der Waals surface area contributed by atoms with E-state index in [1.807, 2.05) is 13.8 Å². The lowest BCUT2D eigenvalue weighted by Gasteiger charge is -2.46. The largest absolute Gasteiger partial charge is 0.353 e. The number of amides is 2. The molecule has 2 saturated heterocycles. The van der Waals surface area contributed by atoms with E-state index in [-0.39, 0.29) is 11.8 Å². The van der Waals surface area contributed by atoms with E-state index in [1.165, 1.54) is 77.5 Å². The maximum Gasteiger partial charge on any atom is 0.219 e. The second-order valence-electron chi connectivity index (χ2n) is 11.6. The Morgan fingerprint density at radius 2 is 1.00 bits per heavy atom. The Bertz CT molecular complexity index is 599. The number of nitrogens with zero attached hydrogens (tertiary/aromatic N) is 2. The lowest BCUT2D eigenvalue weighted by molar-refractivity contribution is -0.122. The number of hydrogen-bond acceptors (Lipinski definition) is 4.